The van der Waals surface area contributed by atoms with E-state index >= 15 is 0 Å². The Labute approximate surface area is 188 Å². The van der Waals surface area contributed by atoms with E-state index in [0.29, 0.717) is 41.0 Å². The average Bonchev–Trinajstić information content (AvgIpc) is 3.30. The van der Waals surface area contributed by atoms with E-state index in [-0.39, 0.29) is 12.4 Å². The lowest BCUT2D eigenvalue weighted by atomic mass is 9.91. The lowest BCUT2D eigenvalue weighted by Gasteiger charge is -2.21. The van der Waals surface area contributed by atoms with Gasteiger partial charge in [-0.3, -0.25) is 4.98 Å². The van der Waals surface area contributed by atoms with Crippen molar-refractivity contribution in [2.75, 3.05) is 39.6 Å². The molecule has 0 aliphatic rings. The number of esters is 1. The molecule has 0 fully saturated rings. The molecule has 0 atom stereocenters. The van der Waals surface area contributed by atoms with Crippen molar-refractivity contribution in [2.45, 2.75) is 13.5 Å². The van der Waals surface area contributed by atoms with Crippen LogP contribution in [0.15, 0.2) is 55.4 Å². The fourth-order valence-electron chi connectivity index (χ4n) is 3.46. The smallest absolute Gasteiger partial charge is 0.338 e. The molecule has 0 saturated heterocycles. The number of hydrogen-bond donors (Lipinski definition) is 2. The van der Waals surface area contributed by atoms with Gasteiger partial charge >= 0.3 is 5.97 Å². The Balaban J connectivity index is 2.30. The molecule has 2 N–H and O–H groups in total. The number of ether oxygens (including phenoxy) is 1. The van der Waals surface area contributed by atoms with Crippen molar-refractivity contribution < 1.29 is 14.6 Å². The van der Waals surface area contributed by atoms with E-state index in [1.54, 1.807) is 38.9 Å². The fourth-order valence-corrected chi connectivity index (χ4v) is 3.46. The highest BCUT2D eigenvalue weighted by atomic mass is 16.5. The summed E-state index contributed by atoms with van der Waals surface area (Å²) in [5, 5.41) is 14.6. The molecule has 3 rings (SSSR count). The van der Waals surface area contributed by atoms with Crippen LogP contribution in [0.2, 0.25) is 0 Å². The lowest BCUT2D eigenvalue weighted by molar-refractivity contribution is -0.136. The van der Waals surface area contributed by atoms with Crippen molar-refractivity contribution in [3.8, 4) is 16.9 Å². The zero-order valence-electron chi connectivity index (χ0n) is 18.9. The molecule has 8 heteroatoms. The van der Waals surface area contributed by atoms with Crippen LogP contribution in [0.4, 0.5) is 5.69 Å². The average molecular weight is 436 g/mol. The number of pyridine rings is 1. The molecular weight excluding hydrogens is 406 g/mol. The van der Waals surface area contributed by atoms with Gasteiger partial charge in [0.05, 0.1) is 25.1 Å². The first kappa shape index (κ1) is 23.0. The van der Waals surface area contributed by atoms with Crippen LogP contribution in [0.3, 0.4) is 0 Å². The van der Waals surface area contributed by atoms with Gasteiger partial charge in [-0.25, -0.2) is 9.78 Å². The Bertz CT molecular complexity index is 1080. The lowest BCUT2D eigenvalue weighted by Crippen LogP contribution is -2.16. The van der Waals surface area contributed by atoms with Gasteiger partial charge in [0.15, 0.2) is 0 Å². The Morgan fingerprint density at radius 2 is 2.12 bits per heavy atom. The summed E-state index contributed by atoms with van der Waals surface area (Å²) in [5.41, 5.74) is 3.69. The topological polar surface area (TPSA) is 92.5 Å². The molecule has 0 radical (unpaired) electrons. The Kier molecular flexibility index (Phi) is 7.62. The molecule has 2 heterocycles. The number of phenols is 1. The molecule has 1 aromatic carbocycles. The third kappa shape index (κ3) is 5.15. The van der Waals surface area contributed by atoms with Gasteiger partial charge in [-0.15, -0.1) is 0 Å². The van der Waals surface area contributed by atoms with Crippen LogP contribution in [0.1, 0.15) is 18.1 Å². The number of carbonyl (C=O) groups excluding carboxylic acids is 1. The maximum atomic E-state index is 13.0. The molecule has 8 nitrogen and oxygen atoms in total. The van der Waals surface area contributed by atoms with Gasteiger partial charge in [-0.2, -0.15) is 0 Å². The first-order valence-electron chi connectivity index (χ1n) is 10.4. The number of carbonyl (C=O) groups is 1. The van der Waals surface area contributed by atoms with Gasteiger partial charge < -0.3 is 24.6 Å². The largest absolute Gasteiger partial charge is 0.507 e. The number of aromatic nitrogens is 3. The summed E-state index contributed by atoms with van der Waals surface area (Å²) in [5.74, 6) is -0.355. The minimum atomic E-state index is -0.439. The number of likely N-dealkylation sites (N-methyl/N-ethyl adjacent to an activating group) is 1. The molecule has 2 aromatic heterocycles. The maximum Gasteiger partial charge on any atom is 0.338 e. The summed E-state index contributed by atoms with van der Waals surface area (Å²) in [6.45, 7) is 2.88. The molecule has 0 saturated carbocycles. The second kappa shape index (κ2) is 10.6. The molecule has 3 aromatic rings. The molecule has 0 amide bonds. The van der Waals surface area contributed by atoms with Crippen LogP contribution in [-0.4, -0.2) is 64.8 Å². The van der Waals surface area contributed by atoms with Crippen LogP contribution < -0.4 is 5.32 Å². The highest BCUT2D eigenvalue weighted by Crippen LogP contribution is 2.42. The van der Waals surface area contributed by atoms with E-state index in [1.807, 2.05) is 54.0 Å². The monoisotopic (exact) mass is 435 g/mol. The third-order valence-electron chi connectivity index (χ3n) is 4.97. The zero-order valence-corrected chi connectivity index (χ0v) is 18.9. The number of benzene rings is 1. The molecule has 32 heavy (non-hydrogen) atoms. The number of nitrogens with one attached hydrogen (secondary N) is 1. The van der Waals surface area contributed by atoms with Crippen LogP contribution in [0, 0.1) is 0 Å². The summed E-state index contributed by atoms with van der Waals surface area (Å²) in [6.07, 6.45) is 10.4. The summed E-state index contributed by atoms with van der Waals surface area (Å²) in [6, 6.07) is 5.54. The molecule has 0 aliphatic heterocycles. The Morgan fingerprint density at radius 1 is 1.31 bits per heavy atom. The minimum absolute atomic E-state index is 0.0840. The van der Waals surface area contributed by atoms with Crippen molar-refractivity contribution in [2.24, 2.45) is 0 Å². The van der Waals surface area contributed by atoms with Crippen molar-refractivity contribution in [1.82, 2.24) is 19.4 Å². The number of aromatic hydroxyl groups is 1. The van der Waals surface area contributed by atoms with E-state index in [2.05, 4.69) is 15.3 Å². The second-order valence-corrected chi connectivity index (χ2v) is 7.50. The summed E-state index contributed by atoms with van der Waals surface area (Å²) < 4.78 is 7.22. The van der Waals surface area contributed by atoms with Crippen LogP contribution >= 0.6 is 0 Å². The van der Waals surface area contributed by atoms with E-state index < -0.39 is 5.97 Å². The first-order valence-corrected chi connectivity index (χ1v) is 10.4. The van der Waals surface area contributed by atoms with Gasteiger partial charge in [0, 0.05) is 66.3 Å². The van der Waals surface area contributed by atoms with E-state index in [0.717, 1.165) is 5.56 Å². The quantitative estimate of drug-likeness (QED) is 0.303. The van der Waals surface area contributed by atoms with E-state index in [1.165, 1.54) is 0 Å². The minimum Gasteiger partial charge on any atom is -0.507 e. The molecule has 0 unspecified atom stereocenters. The predicted octanol–water partition coefficient (Wildman–Crippen LogP) is 3.25. The summed E-state index contributed by atoms with van der Waals surface area (Å²) in [4.78, 5) is 23.3. The summed E-state index contributed by atoms with van der Waals surface area (Å²) in [7, 11) is 5.64. The zero-order chi connectivity index (χ0) is 23.1. The fraction of sp³-hybridized carbons (Fsp3) is 0.292. The van der Waals surface area contributed by atoms with E-state index in [4.69, 9.17) is 4.74 Å². The summed E-state index contributed by atoms with van der Waals surface area (Å²) >= 11 is 0. The van der Waals surface area contributed by atoms with Gasteiger partial charge in [0.25, 0.3) is 0 Å². The molecular formula is C24H29N5O3. The number of anilines is 1. The number of rotatable bonds is 9. The highest BCUT2D eigenvalue weighted by Gasteiger charge is 2.25. The molecule has 168 valence electrons. The normalized spacial score (nSPS) is 11.6. The van der Waals surface area contributed by atoms with Gasteiger partial charge in [-0.1, -0.05) is 12.1 Å². The van der Waals surface area contributed by atoms with Gasteiger partial charge in [0.1, 0.15) is 5.75 Å². The maximum absolute atomic E-state index is 13.0. The molecule has 0 bridgehead atoms. The van der Waals surface area contributed by atoms with Crippen molar-refractivity contribution in [3.63, 3.8) is 0 Å². The van der Waals surface area contributed by atoms with E-state index in [9.17, 15) is 9.90 Å². The van der Waals surface area contributed by atoms with Crippen molar-refractivity contribution >= 4 is 17.2 Å². The van der Waals surface area contributed by atoms with Crippen molar-refractivity contribution in [1.29, 1.82) is 0 Å². The van der Waals surface area contributed by atoms with Crippen molar-refractivity contribution in [3.05, 3.63) is 66.5 Å². The number of hydrogen-bond acceptors (Lipinski definition) is 7. The van der Waals surface area contributed by atoms with Crippen LogP contribution in [0.25, 0.3) is 16.7 Å². The molecule has 0 spiro atoms. The number of imidazole rings is 1. The predicted molar refractivity (Wildman–Crippen MR) is 125 cm³/mol. The van der Waals surface area contributed by atoms with Crippen LogP contribution in [-0.2, 0) is 16.1 Å². The standard InChI is InChI=1S/C24H29N5O3/c1-5-32-24(31)18(8-11-28(3)4)22-20(15-29-12-10-27-16-29)23(30)19(13-21(22)25-2)17-7-6-9-26-14-17/h6-10,12-14,16,25,30H,5,11,15H2,1-4H3/b18-8-. The number of phenolic OH excluding ortho intramolecular Hbond substituents is 1. The highest BCUT2D eigenvalue weighted by molar-refractivity contribution is 6.19. The van der Waals surface area contributed by atoms with Crippen LogP contribution in [0.5, 0.6) is 5.75 Å². The van der Waals surface area contributed by atoms with Gasteiger partial charge in [0.2, 0.25) is 0 Å². The molecule has 0 aliphatic carbocycles. The first-order chi connectivity index (χ1) is 15.5. The third-order valence-corrected chi connectivity index (χ3v) is 4.97. The Morgan fingerprint density at radius 3 is 2.72 bits per heavy atom. The van der Waals surface area contributed by atoms with Gasteiger partial charge in [-0.05, 0) is 33.2 Å². The Hall–Kier alpha value is -3.65. The second-order valence-electron chi connectivity index (χ2n) is 7.50. The number of nitrogens with zero attached hydrogens (tertiary/aromatic N) is 4. The SMILES string of the molecule is CCOC(=O)/C(=C\CN(C)C)c1c(NC)cc(-c2cccnc2)c(O)c1Cn1ccnc1.